The number of methoxy groups -OCH3 is 1. The minimum absolute atomic E-state index is 0.123. The smallest absolute Gasteiger partial charge is 0.321 e. The van der Waals surface area contributed by atoms with Crippen molar-refractivity contribution >= 4 is 17.8 Å². The number of nitrogens with one attached hydrogen (secondary N) is 1. The van der Waals surface area contributed by atoms with Crippen LogP contribution in [0.4, 0.5) is 14.9 Å². The number of likely N-dealkylation sites (tertiary alicyclic amines) is 1. The Hall–Kier alpha value is -3.87. The third kappa shape index (κ3) is 6.57. The lowest BCUT2D eigenvalue weighted by molar-refractivity contribution is 0.208. The Morgan fingerprint density at radius 2 is 1.91 bits per heavy atom. The first-order valence-corrected chi connectivity index (χ1v) is 11.3. The van der Waals surface area contributed by atoms with Gasteiger partial charge in [-0.25, -0.2) is 14.2 Å². The molecule has 1 aliphatic heterocycles. The van der Waals surface area contributed by atoms with Crippen molar-refractivity contribution in [3.63, 3.8) is 0 Å². The molecule has 1 aromatic heterocycles. The Labute approximate surface area is 199 Å². The van der Waals surface area contributed by atoms with Crippen molar-refractivity contribution in [2.45, 2.75) is 19.3 Å². The molecule has 1 fully saturated rings. The predicted molar refractivity (Wildman–Crippen MR) is 131 cm³/mol. The zero-order chi connectivity index (χ0) is 23.8. The van der Waals surface area contributed by atoms with Gasteiger partial charge in [0.15, 0.2) is 0 Å². The molecule has 0 atom stereocenters. The number of benzene rings is 2. The van der Waals surface area contributed by atoms with E-state index in [4.69, 9.17) is 9.47 Å². The third-order valence-corrected chi connectivity index (χ3v) is 5.69. The van der Waals surface area contributed by atoms with Crippen LogP contribution >= 0.6 is 0 Å². The van der Waals surface area contributed by atoms with Gasteiger partial charge < -0.3 is 19.7 Å². The zero-order valence-corrected chi connectivity index (χ0v) is 19.2. The highest BCUT2D eigenvalue weighted by Gasteiger charge is 2.19. The second-order valence-electron chi connectivity index (χ2n) is 8.11. The number of nitrogens with zero attached hydrogens (tertiary/aromatic N) is 2. The number of pyridine rings is 1. The molecule has 4 rings (SSSR count). The summed E-state index contributed by atoms with van der Waals surface area (Å²) in [6, 6.07) is 17.8. The van der Waals surface area contributed by atoms with Crippen molar-refractivity contribution in [1.82, 2.24) is 9.88 Å². The highest BCUT2D eigenvalue weighted by Crippen LogP contribution is 2.23. The minimum Gasteiger partial charge on any atom is -0.493 e. The molecule has 1 saturated heterocycles. The molecule has 2 aromatic carbocycles. The molecule has 6 nitrogen and oxygen atoms in total. The van der Waals surface area contributed by atoms with Crippen molar-refractivity contribution in [1.29, 1.82) is 0 Å². The maximum Gasteiger partial charge on any atom is 0.321 e. The summed E-state index contributed by atoms with van der Waals surface area (Å²) in [4.78, 5) is 18.5. The summed E-state index contributed by atoms with van der Waals surface area (Å²) in [5, 5.41) is 2.88. The first-order chi connectivity index (χ1) is 16.6. The minimum atomic E-state index is -0.230. The average molecular weight is 462 g/mol. The summed E-state index contributed by atoms with van der Waals surface area (Å²) >= 11 is 0. The fraction of sp³-hybridized carbons (Fsp3) is 0.259. The number of hydrogen-bond acceptors (Lipinski definition) is 4. The lowest BCUT2D eigenvalue weighted by Crippen LogP contribution is -2.39. The number of ether oxygens (including phenoxy) is 2. The van der Waals surface area contributed by atoms with Crippen LogP contribution in [-0.4, -0.2) is 42.7 Å². The molecule has 0 unspecified atom stereocenters. The Balaban J connectivity index is 1.26. The first-order valence-electron chi connectivity index (χ1n) is 11.3. The van der Waals surface area contributed by atoms with Crippen LogP contribution in [0.5, 0.6) is 11.6 Å². The Kier molecular flexibility index (Phi) is 7.75. The molecule has 1 N–H and O–H groups in total. The largest absolute Gasteiger partial charge is 0.493 e. The quantitative estimate of drug-likeness (QED) is 0.500. The number of piperidine rings is 1. The lowest BCUT2D eigenvalue weighted by Gasteiger charge is -2.28. The predicted octanol–water partition coefficient (Wildman–Crippen LogP) is 5.56. The maximum atomic E-state index is 13.0. The zero-order valence-electron chi connectivity index (χ0n) is 19.2. The van der Waals surface area contributed by atoms with E-state index in [0.717, 1.165) is 36.1 Å². The van der Waals surface area contributed by atoms with Crippen molar-refractivity contribution in [3.8, 4) is 11.6 Å². The van der Waals surface area contributed by atoms with E-state index in [1.54, 1.807) is 37.6 Å². The van der Waals surface area contributed by atoms with Gasteiger partial charge in [-0.15, -0.1) is 0 Å². The molecular weight excluding hydrogens is 433 g/mol. The Bertz CT molecular complexity index is 1120. The summed E-state index contributed by atoms with van der Waals surface area (Å²) < 4.78 is 24.0. The molecule has 34 heavy (non-hydrogen) atoms. The van der Waals surface area contributed by atoms with E-state index in [1.807, 2.05) is 23.1 Å². The topological polar surface area (TPSA) is 63.7 Å². The van der Waals surface area contributed by atoms with Crippen molar-refractivity contribution in [2.24, 2.45) is 0 Å². The van der Waals surface area contributed by atoms with Crippen molar-refractivity contribution in [2.75, 3.05) is 32.1 Å². The number of carbonyl (C=O) groups is 1. The van der Waals surface area contributed by atoms with Gasteiger partial charge in [0.1, 0.15) is 11.6 Å². The van der Waals surface area contributed by atoms with E-state index in [2.05, 4.69) is 22.4 Å². The third-order valence-electron chi connectivity index (χ3n) is 5.69. The molecule has 1 aliphatic rings. The fourth-order valence-corrected chi connectivity index (χ4v) is 3.79. The van der Waals surface area contributed by atoms with Gasteiger partial charge in [-0.3, -0.25) is 0 Å². The molecule has 176 valence electrons. The number of halogens is 1. The van der Waals surface area contributed by atoms with E-state index < -0.39 is 0 Å². The lowest BCUT2D eigenvalue weighted by atomic mass is 10.0. The molecule has 0 aliphatic carbocycles. The number of anilines is 1. The number of carbonyl (C=O) groups excluding carboxylic acids is 1. The molecule has 0 spiro atoms. The van der Waals surface area contributed by atoms with Gasteiger partial charge in [-0.05, 0) is 54.3 Å². The second kappa shape index (κ2) is 11.3. The fourth-order valence-electron chi connectivity index (χ4n) is 3.79. The standard InChI is InChI=1S/C27H28FN3O3/c1-33-26-10-9-24(19-29-26)30-27(32)31-14-11-21(12-15-31)17-22-3-2-4-25(18-22)34-16-13-20-5-7-23(28)8-6-20/h2-10,17-19H,11-16H2,1H3,(H,30,32). The van der Waals surface area contributed by atoms with Gasteiger partial charge >= 0.3 is 6.03 Å². The van der Waals surface area contributed by atoms with Crippen LogP contribution in [0, 0.1) is 5.82 Å². The molecule has 0 bridgehead atoms. The van der Waals surface area contributed by atoms with Gasteiger partial charge in [0.25, 0.3) is 0 Å². The monoisotopic (exact) mass is 461 g/mol. The summed E-state index contributed by atoms with van der Waals surface area (Å²) in [5.74, 6) is 1.08. The van der Waals surface area contributed by atoms with Crippen LogP contribution in [-0.2, 0) is 6.42 Å². The van der Waals surface area contributed by atoms with Gasteiger partial charge in [-0.1, -0.05) is 35.9 Å². The summed E-state index contributed by atoms with van der Waals surface area (Å²) in [6.07, 6.45) is 6.13. The van der Waals surface area contributed by atoms with E-state index in [0.29, 0.717) is 31.3 Å². The molecule has 0 radical (unpaired) electrons. The number of amides is 2. The van der Waals surface area contributed by atoms with Crippen LogP contribution in [0.15, 0.2) is 72.4 Å². The second-order valence-corrected chi connectivity index (χ2v) is 8.11. The molecule has 0 saturated carbocycles. The Morgan fingerprint density at radius 1 is 1.12 bits per heavy atom. The molecule has 2 heterocycles. The van der Waals surface area contributed by atoms with Crippen LogP contribution < -0.4 is 14.8 Å². The number of hydrogen-bond donors (Lipinski definition) is 1. The first kappa shape index (κ1) is 23.3. The van der Waals surface area contributed by atoms with Gasteiger partial charge in [-0.2, -0.15) is 0 Å². The SMILES string of the molecule is COc1ccc(NC(=O)N2CCC(=Cc3cccc(OCCc4ccc(F)cc4)c3)CC2)cn1. The van der Waals surface area contributed by atoms with Crippen LogP contribution in [0.1, 0.15) is 24.0 Å². The number of aromatic nitrogens is 1. The highest BCUT2D eigenvalue weighted by molar-refractivity contribution is 5.89. The molecule has 7 heteroatoms. The van der Waals surface area contributed by atoms with Gasteiger partial charge in [0.2, 0.25) is 5.88 Å². The summed E-state index contributed by atoms with van der Waals surface area (Å²) in [7, 11) is 1.55. The van der Waals surface area contributed by atoms with Crippen LogP contribution in [0.3, 0.4) is 0 Å². The van der Waals surface area contributed by atoms with Crippen molar-refractivity contribution < 1.29 is 18.7 Å². The molecule has 2 amide bonds. The maximum absolute atomic E-state index is 13.0. The number of urea groups is 1. The van der Waals surface area contributed by atoms with E-state index in [-0.39, 0.29) is 11.8 Å². The van der Waals surface area contributed by atoms with E-state index >= 15 is 0 Å². The van der Waals surface area contributed by atoms with Crippen LogP contribution in [0.2, 0.25) is 0 Å². The van der Waals surface area contributed by atoms with E-state index in [9.17, 15) is 9.18 Å². The van der Waals surface area contributed by atoms with Gasteiger partial charge in [0.05, 0.1) is 25.6 Å². The van der Waals surface area contributed by atoms with Gasteiger partial charge in [0, 0.05) is 25.6 Å². The normalized spacial score (nSPS) is 13.4. The van der Waals surface area contributed by atoms with Crippen molar-refractivity contribution in [3.05, 3.63) is 89.4 Å². The molecule has 3 aromatic rings. The summed E-state index contributed by atoms with van der Waals surface area (Å²) in [5.41, 5.74) is 4.07. The van der Waals surface area contributed by atoms with E-state index in [1.165, 1.54) is 17.7 Å². The molecular formula is C27H28FN3O3. The average Bonchev–Trinajstić information content (AvgIpc) is 2.86. The Morgan fingerprint density at radius 3 is 2.62 bits per heavy atom. The highest BCUT2D eigenvalue weighted by atomic mass is 19.1. The van der Waals surface area contributed by atoms with Crippen LogP contribution in [0.25, 0.3) is 6.08 Å². The number of rotatable bonds is 7. The summed E-state index contributed by atoms with van der Waals surface area (Å²) in [6.45, 7) is 1.85.